The van der Waals surface area contributed by atoms with Crippen LogP contribution in [0.5, 0.6) is 5.75 Å². The van der Waals surface area contributed by atoms with Crippen molar-refractivity contribution >= 4 is 0 Å². The van der Waals surface area contributed by atoms with Crippen molar-refractivity contribution in [1.29, 1.82) is 0 Å². The van der Waals surface area contributed by atoms with Crippen molar-refractivity contribution in [3.63, 3.8) is 0 Å². The molecule has 0 spiro atoms. The Morgan fingerprint density at radius 1 is 1.26 bits per heavy atom. The van der Waals surface area contributed by atoms with Gasteiger partial charge in [0.25, 0.3) is 0 Å². The van der Waals surface area contributed by atoms with Crippen molar-refractivity contribution in [2.45, 2.75) is 50.2 Å². The second kappa shape index (κ2) is 7.65. The van der Waals surface area contributed by atoms with E-state index in [2.05, 4.69) is 16.3 Å². The molecule has 0 amide bonds. The molecule has 0 aliphatic carbocycles. The van der Waals surface area contributed by atoms with Gasteiger partial charge in [-0.15, -0.1) is 0 Å². The van der Waals surface area contributed by atoms with Crippen LogP contribution in [0.25, 0.3) is 0 Å². The van der Waals surface area contributed by atoms with Gasteiger partial charge < -0.3 is 15.2 Å². The zero-order valence-corrected chi connectivity index (χ0v) is 14.3. The number of ether oxygens (including phenoxy) is 1. The molecule has 128 valence electrons. The maximum absolute atomic E-state index is 11.1. The highest BCUT2D eigenvalue weighted by Gasteiger charge is 2.43. The van der Waals surface area contributed by atoms with E-state index in [1.54, 1.807) is 7.11 Å². The minimum atomic E-state index is -0.556. The fraction of sp³-hybridized carbons (Fsp3) is 0.684. The molecule has 2 heterocycles. The smallest absolute Gasteiger partial charge is 0.122 e. The lowest BCUT2D eigenvalue weighted by atomic mass is 9.79. The zero-order valence-electron chi connectivity index (χ0n) is 14.3. The summed E-state index contributed by atoms with van der Waals surface area (Å²) in [5, 5.41) is 14.6. The molecule has 2 saturated heterocycles. The van der Waals surface area contributed by atoms with Crippen LogP contribution >= 0.6 is 0 Å². The molecule has 2 aliphatic rings. The van der Waals surface area contributed by atoms with Gasteiger partial charge in [-0.05, 0) is 63.4 Å². The van der Waals surface area contributed by atoms with Crippen LogP contribution in [0.4, 0.5) is 0 Å². The van der Waals surface area contributed by atoms with Crippen LogP contribution in [-0.4, -0.2) is 54.9 Å². The van der Waals surface area contributed by atoms with Gasteiger partial charge in [-0.1, -0.05) is 24.6 Å². The quantitative estimate of drug-likeness (QED) is 0.790. The monoisotopic (exact) mass is 318 g/mol. The summed E-state index contributed by atoms with van der Waals surface area (Å²) in [6, 6.07) is 8.51. The van der Waals surface area contributed by atoms with Gasteiger partial charge in [0.05, 0.1) is 12.7 Å². The summed E-state index contributed by atoms with van der Waals surface area (Å²) in [6.07, 6.45) is 6.65. The van der Waals surface area contributed by atoms with Gasteiger partial charge in [-0.25, -0.2) is 0 Å². The number of aliphatic hydroxyl groups is 1. The van der Waals surface area contributed by atoms with Crippen molar-refractivity contribution in [2.75, 3.05) is 33.3 Å². The first-order valence-corrected chi connectivity index (χ1v) is 9.02. The summed E-state index contributed by atoms with van der Waals surface area (Å²) in [5.74, 6) is 0.948. The Kier molecular flexibility index (Phi) is 5.57. The topological polar surface area (TPSA) is 44.7 Å². The first-order chi connectivity index (χ1) is 11.2. The molecule has 1 aromatic carbocycles. The maximum Gasteiger partial charge on any atom is 0.122 e. The van der Waals surface area contributed by atoms with E-state index in [4.69, 9.17) is 4.74 Å². The Morgan fingerprint density at radius 2 is 2.09 bits per heavy atom. The van der Waals surface area contributed by atoms with Crippen molar-refractivity contribution < 1.29 is 9.84 Å². The average molecular weight is 318 g/mol. The van der Waals surface area contributed by atoms with E-state index in [9.17, 15) is 5.11 Å². The first-order valence-electron chi connectivity index (χ1n) is 9.02. The Bertz CT molecular complexity index is 506. The van der Waals surface area contributed by atoms with Crippen LogP contribution in [-0.2, 0) is 6.42 Å². The summed E-state index contributed by atoms with van der Waals surface area (Å²) in [6.45, 7) is 3.89. The maximum atomic E-state index is 11.1. The van der Waals surface area contributed by atoms with Gasteiger partial charge in [-0.2, -0.15) is 0 Å². The van der Waals surface area contributed by atoms with E-state index in [1.807, 2.05) is 18.2 Å². The number of hydrogen-bond acceptors (Lipinski definition) is 4. The minimum absolute atomic E-state index is 0.351. The number of methoxy groups -OCH3 is 1. The molecule has 4 heteroatoms. The summed E-state index contributed by atoms with van der Waals surface area (Å²) in [5.41, 5.74) is 0.664. The predicted molar refractivity (Wildman–Crippen MR) is 93.0 cm³/mol. The Morgan fingerprint density at radius 3 is 2.96 bits per heavy atom. The van der Waals surface area contributed by atoms with Crippen molar-refractivity contribution in [3.8, 4) is 5.75 Å². The lowest BCUT2D eigenvalue weighted by molar-refractivity contribution is -0.0916. The molecule has 0 unspecified atom stereocenters. The number of nitrogens with one attached hydrogen (secondary N) is 1. The van der Waals surface area contributed by atoms with E-state index in [0.29, 0.717) is 12.6 Å². The molecular weight excluding hydrogens is 288 g/mol. The number of fused-ring (bicyclic) bond motifs is 1. The molecule has 0 bridgehead atoms. The van der Waals surface area contributed by atoms with Crippen LogP contribution in [0.2, 0.25) is 0 Å². The first kappa shape index (κ1) is 16.7. The van der Waals surface area contributed by atoms with Crippen LogP contribution in [0.1, 0.15) is 37.7 Å². The standard InChI is InChI=1S/C19H30N2O2/c1-23-17-8-3-2-7-16(17)10-12-20-15-19(22)11-6-14-21-13-5-4-9-18(19)21/h2-3,7-8,18,20,22H,4-6,9-15H2,1H3/t18-,19-/m1/s1. The number of piperidine rings is 2. The fourth-order valence-electron chi connectivity index (χ4n) is 4.27. The second-order valence-electron chi connectivity index (χ2n) is 6.99. The molecule has 2 fully saturated rings. The largest absolute Gasteiger partial charge is 0.496 e. The van der Waals surface area contributed by atoms with Crippen LogP contribution in [0.15, 0.2) is 24.3 Å². The van der Waals surface area contributed by atoms with E-state index in [1.165, 1.54) is 18.4 Å². The van der Waals surface area contributed by atoms with Gasteiger partial charge in [-0.3, -0.25) is 4.90 Å². The van der Waals surface area contributed by atoms with Gasteiger partial charge in [0.15, 0.2) is 0 Å². The number of benzene rings is 1. The predicted octanol–water partition coefficient (Wildman–Crippen LogP) is 2.21. The summed E-state index contributed by atoms with van der Waals surface area (Å²) < 4.78 is 5.40. The summed E-state index contributed by atoms with van der Waals surface area (Å²) in [4.78, 5) is 2.51. The van der Waals surface area contributed by atoms with Crippen LogP contribution in [0.3, 0.4) is 0 Å². The number of nitrogens with zero attached hydrogens (tertiary/aromatic N) is 1. The molecule has 1 aromatic rings. The second-order valence-corrected chi connectivity index (χ2v) is 6.99. The third-order valence-corrected chi connectivity index (χ3v) is 5.48. The Balaban J connectivity index is 1.51. The lowest BCUT2D eigenvalue weighted by Gasteiger charge is -2.49. The minimum Gasteiger partial charge on any atom is -0.496 e. The third-order valence-electron chi connectivity index (χ3n) is 5.48. The molecule has 0 saturated carbocycles. The summed E-state index contributed by atoms with van der Waals surface area (Å²) in [7, 11) is 1.72. The number of hydrogen-bond donors (Lipinski definition) is 2. The number of para-hydroxylation sites is 1. The van der Waals surface area contributed by atoms with E-state index in [0.717, 1.165) is 51.1 Å². The van der Waals surface area contributed by atoms with Crippen molar-refractivity contribution in [2.24, 2.45) is 0 Å². The normalized spacial score (nSPS) is 28.3. The SMILES string of the molecule is COc1ccccc1CCNC[C@]1(O)CCCN2CCCC[C@@H]21. The van der Waals surface area contributed by atoms with E-state index in [-0.39, 0.29) is 0 Å². The Hall–Kier alpha value is -1.10. The van der Waals surface area contributed by atoms with Gasteiger partial charge in [0.1, 0.15) is 5.75 Å². The molecule has 2 aliphatic heterocycles. The highest BCUT2D eigenvalue weighted by Crippen LogP contribution is 2.33. The molecule has 23 heavy (non-hydrogen) atoms. The zero-order chi connectivity index (χ0) is 16.1. The molecular formula is C19H30N2O2. The molecule has 2 atom stereocenters. The number of rotatable bonds is 6. The van der Waals surface area contributed by atoms with Crippen molar-refractivity contribution in [1.82, 2.24) is 10.2 Å². The average Bonchev–Trinajstić information content (AvgIpc) is 2.59. The van der Waals surface area contributed by atoms with Gasteiger partial charge in [0, 0.05) is 12.6 Å². The molecule has 0 aromatic heterocycles. The van der Waals surface area contributed by atoms with Crippen LogP contribution < -0.4 is 10.1 Å². The molecule has 2 N–H and O–H groups in total. The fourth-order valence-corrected chi connectivity index (χ4v) is 4.27. The highest BCUT2D eigenvalue weighted by atomic mass is 16.5. The van der Waals surface area contributed by atoms with E-state index >= 15 is 0 Å². The molecule has 0 radical (unpaired) electrons. The van der Waals surface area contributed by atoms with Crippen LogP contribution in [0, 0.1) is 0 Å². The molecule has 4 nitrogen and oxygen atoms in total. The lowest BCUT2D eigenvalue weighted by Crippen LogP contribution is -2.62. The van der Waals surface area contributed by atoms with Gasteiger partial charge in [0.2, 0.25) is 0 Å². The Labute approximate surface area is 139 Å². The van der Waals surface area contributed by atoms with E-state index < -0.39 is 5.60 Å². The summed E-state index contributed by atoms with van der Waals surface area (Å²) >= 11 is 0. The molecule has 3 rings (SSSR count). The third kappa shape index (κ3) is 3.87. The van der Waals surface area contributed by atoms with Crippen molar-refractivity contribution in [3.05, 3.63) is 29.8 Å². The highest BCUT2D eigenvalue weighted by molar-refractivity contribution is 5.33. The van der Waals surface area contributed by atoms with Gasteiger partial charge >= 0.3 is 0 Å².